The van der Waals surface area contributed by atoms with Crippen LogP contribution in [0.2, 0.25) is 5.02 Å². The highest BCUT2D eigenvalue weighted by Gasteiger charge is 2.39. The quantitative estimate of drug-likeness (QED) is 0.278. The number of rotatable bonds is 4. The van der Waals surface area contributed by atoms with Gasteiger partial charge in [0, 0.05) is 23.4 Å². The van der Waals surface area contributed by atoms with Gasteiger partial charge in [0.1, 0.15) is 17.4 Å². The number of halogens is 2. The molecule has 1 unspecified atom stereocenters. The molecular weight excluding hydrogens is 531 g/mol. The van der Waals surface area contributed by atoms with E-state index in [4.69, 9.17) is 21.1 Å². The molecule has 2 aromatic carbocycles. The topological polar surface area (TPSA) is 105 Å². The van der Waals surface area contributed by atoms with E-state index < -0.39 is 22.4 Å². The second-order valence-corrected chi connectivity index (χ2v) is 12.9. The van der Waals surface area contributed by atoms with Gasteiger partial charge in [0.15, 0.2) is 0 Å². The fourth-order valence-electron chi connectivity index (χ4n) is 5.90. The van der Waals surface area contributed by atoms with Crippen LogP contribution in [0.15, 0.2) is 40.9 Å². The van der Waals surface area contributed by atoms with E-state index in [1.807, 2.05) is 32.0 Å². The number of amides is 1. The summed E-state index contributed by atoms with van der Waals surface area (Å²) in [6.07, 6.45) is 2.24. The first-order valence-electron chi connectivity index (χ1n) is 12.6. The number of anilines is 1. The zero-order valence-electron chi connectivity index (χ0n) is 21.0. The fourth-order valence-corrected chi connectivity index (χ4v) is 7.75. The third-order valence-electron chi connectivity index (χ3n) is 7.56. The van der Waals surface area contributed by atoms with Crippen LogP contribution in [0.4, 0.5) is 10.1 Å². The van der Waals surface area contributed by atoms with Crippen molar-refractivity contribution < 1.29 is 22.8 Å². The lowest BCUT2D eigenvalue weighted by molar-refractivity contribution is -0.117. The Hall–Kier alpha value is -2.92. The highest BCUT2D eigenvalue weighted by atomic mass is 35.5. The van der Waals surface area contributed by atoms with E-state index in [-0.39, 0.29) is 22.7 Å². The summed E-state index contributed by atoms with van der Waals surface area (Å²) in [7, 11) is -2.72. The number of aromatic nitrogens is 3. The van der Waals surface area contributed by atoms with Crippen molar-refractivity contribution in [1.82, 2.24) is 14.7 Å². The average molecular weight is 559 g/mol. The highest BCUT2D eigenvalue weighted by molar-refractivity contribution is 8.24. The molecule has 0 spiro atoms. The molecule has 0 bridgehead atoms. The first-order valence-corrected chi connectivity index (χ1v) is 14.8. The van der Waals surface area contributed by atoms with Gasteiger partial charge in [-0.15, -0.1) is 0 Å². The molecule has 0 saturated carbocycles. The summed E-state index contributed by atoms with van der Waals surface area (Å²) in [4.78, 5) is 19.7. The molecule has 0 aliphatic carbocycles. The monoisotopic (exact) mass is 558 g/mol. The molecule has 2 N–H and O–H groups in total. The molecule has 200 valence electrons. The predicted octanol–water partition coefficient (Wildman–Crippen LogP) is 7.05. The summed E-state index contributed by atoms with van der Waals surface area (Å²) in [6.45, 7) is 3.75. The van der Waals surface area contributed by atoms with Crippen LogP contribution in [0.25, 0.3) is 22.2 Å². The second kappa shape index (κ2) is 9.37. The van der Waals surface area contributed by atoms with Gasteiger partial charge in [0.05, 0.1) is 39.6 Å². The first kappa shape index (κ1) is 25.4. The van der Waals surface area contributed by atoms with E-state index in [1.165, 1.54) is 12.1 Å². The molecule has 0 radical (unpaired) electrons. The second-order valence-electron chi connectivity index (χ2n) is 10.1. The minimum absolute atomic E-state index is 0.0107. The summed E-state index contributed by atoms with van der Waals surface area (Å²) >= 11 is 5.91. The molecule has 2 fully saturated rings. The number of hydrogen-bond donors (Lipinski definition) is 2. The Balaban J connectivity index is 1.52. The van der Waals surface area contributed by atoms with Crippen LogP contribution in [-0.2, 0) is 4.79 Å². The zero-order valence-corrected chi connectivity index (χ0v) is 22.6. The van der Waals surface area contributed by atoms with Gasteiger partial charge in [0.25, 0.3) is 0 Å². The molecule has 4 aromatic rings. The summed E-state index contributed by atoms with van der Waals surface area (Å²) < 4.78 is 43.0. The average Bonchev–Trinajstić information content (AvgIpc) is 3.54. The molecule has 2 aliphatic heterocycles. The van der Waals surface area contributed by atoms with E-state index >= 15 is 0 Å². The first-order chi connectivity index (χ1) is 18.1. The highest BCUT2D eigenvalue weighted by Crippen LogP contribution is 2.50. The fraction of sp³-hybridized carbons (Fsp3) is 0.370. The van der Waals surface area contributed by atoms with Crippen molar-refractivity contribution >= 4 is 44.8 Å². The molecule has 2 saturated heterocycles. The van der Waals surface area contributed by atoms with Gasteiger partial charge in [-0.25, -0.2) is 9.37 Å². The van der Waals surface area contributed by atoms with Crippen LogP contribution in [0, 0.1) is 19.7 Å². The number of nitrogens with zero attached hydrogens (tertiary/aromatic N) is 4. The smallest absolute Gasteiger partial charge is 0.227 e. The number of carbonyl (C=O) groups excluding carboxylic acids is 1. The van der Waals surface area contributed by atoms with Crippen LogP contribution < -0.4 is 4.90 Å². The largest absolute Gasteiger partial charge is 0.361 e. The summed E-state index contributed by atoms with van der Waals surface area (Å²) in [5.41, 5.74) is 4.59. The van der Waals surface area contributed by atoms with Crippen molar-refractivity contribution in [2.24, 2.45) is 0 Å². The molecule has 38 heavy (non-hydrogen) atoms. The Bertz CT molecular complexity index is 1550. The maximum Gasteiger partial charge on any atom is 0.227 e. The van der Waals surface area contributed by atoms with Gasteiger partial charge in [0.2, 0.25) is 5.91 Å². The van der Waals surface area contributed by atoms with Gasteiger partial charge in [-0.05, 0) is 69.0 Å². The Morgan fingerprint density at radius 2 is 1.97 bits per heavy atom. The van der Waals surface area contributed by atoms with Gasteiger partial charge >= 0.3 is 0 Å². The number of imidazole rings is 1. The molecule has 4 heterocycles. The van der Waals surface area contributed by atoms with Crippen molar-refractivity contribution in [3.8, 4) is 11.1 Å². The van der Waals surface area contributed by atoms with Crippen molar-refractivity contribution in [3.05, 3.63) is 64.5 Å². The lowest BCUT2D eigenvalue weighted by atomic mass is 10.0. The minimum atomic E-state index is -2.72. The number of carbonyl (C=O) groups is 1. The molecule has 2 aromatic heterocycles. The van der Waals surface area contributed by atoms with E-state index in [9.17, 15) is 18.3 Å². The van der Waals surface area contributed by atoms with E-state index in [0.29, 0.717) is 42.3 Å². The van der Waals surface area contributed by atoms with Crippen LogP contribution in [0.3, 0.4) is 0 Å². The Labute approximate surface area is 225 Å². The van der Waals surface area contributed by atoms with E-state index in [2.05, 4.69) is 9.72 Å². The van der Waals surface area contributed by atoms with E-state index in [0.717, 1.165) is 34.3 Å². The minimum Gasteiger partial charge on any atom is -0.361 e. The van der Waals surface area contributed by atoms with Gasteiger partial charge in [-0.3, -0.25) is 13.9 Å². The Kier molecular flexibility index (Phi) is 6.26. The number of fused-ring (bicyclic) bond motifs is 1. The lowest BCUT2D eigenvalue weighted by Gasteiger charge is -2.41. The SMILES string of the molecule is Cc1noc(C)c1-c1ccc2c(c1)nc([C@@H]1CCC(=O)N1c1ccc(Cl)c(F)c1)n2C1CCCS(O)(O)C1. The van der Waals surface area contributed by atoms with Crippen LogP contribution in [-0.4, -0.2) is 41.2 Å². The summed E-state index contributed by atoms with van der Waals surface area (Å²) in [6, 6.07) is 9.68. The maximum atomic E-state index is 14.4. The third-order valence-corrected chi connectivity index (χ3v) is 9.73. The Morgan fingerprint density at radius 1 is 1.16 bits per heavy atom. The normalized spacial score (nSPS) is 22.4. The maximum absolute atomic E-state index is 14.4. The molecule has 11 heteroatoms. The molecule has 2 aliphatic rings. The molecule has 2 atom stereocenters. The lowest BCUT2D eigenvalue weighted by Crippen LogP contribution is -2.32. The van der Waals surface area contributed by atoms with Gasteiger partial charge in [-0.2, -0.15) is 10.6 Å². The van der Waals surface area contributed by atoms with Crippen molar-refractivity contribution in [1.29, 1.82) is 0 Å². The van der Waals surface area contributed by atoms with Crippen LogP contribution in [0.1, 0.15) is 55.0 Å². The predicted molar refractivity (Wildman–Crippen MR) is 146 cm³/mol. The zero-order chi connectivity index (χ0) is 26.8. The molecule has 1 amide bonds. The third kappa shape index (κ3) is 4.29. The number of hydrogen-bond acceptors (Lipinski definition) is 6. The Morgan fingerprint density at radius 3 is 2.68 bits per heavy atom. The molecule has 6 rings (SSSR count). The standard InChI is InChI=1S/C27H28ClFN4O4S/c1-15-26(16(2)37-31-15)17-5-8-23-22(12-17)30-27(33(23)19-4-3-11-38(35,36)14-19)24-9-10-25(34)32(24)18-6-7-20(28)21(29)13-18/h5-8,12-13,19,24,35-36H,3-4,9-11,14H2,1-2H3/t19?,24-/m0/s1. The van der Waals surface area contributed by atoms with Crippen molar-refractivity contribution in [2.45, 2.75) is 51.6 Å². The molecular formula is C27H28ClFN4O4S. The summed E-state index contributed by atoms with van der Waals surface area (Å²) in [5, 5.41) is 4.06. The molecule has 8 nitrogen and oxygen atoms in total. The number of aryl methyl sites for hydroxylation is 2. The number of benzene rings is 2. The summed E-state index contributed by atoms with van der Waals surface area (Å²) in [5.74, 6) is 1.26. The van der Waals surface area contributed by atoms with Crippen molar-refractivity contribution in [3.63, 3.8) is 0 Å². The van der Waals surface area contributed by atoms with Gasteiger partial charge < -0.3 is 14.0 Å². The van der Waals surface area contributed by atoms with E-state index in [1.54, 1.807) is 11.0 Å². The van der Waals surface area contributed by atoms with Crippen molar-refractivity contribution in [2.75, 3.05) is 16.4 Å². The van der Waals surface area contributed by atoms with Crippen LogP contribution >= 0.6 is 22.2 Å². The van der Waals surface area contributed by atoms with Crippen LogP contribution in [0.5, 0.6) is 0 Å². The van der Waals surface area contributed by atoms with Gasteiger partial charge in [-0.1, -0.05) is 22.8 Å².